The van der Waals surface area contributed by atoms with Crippen LogP contribution in [-0.2, 0) is 9.84 Å². The highest BCUT2D eigenvalue weighted by atomic mass is 32.2. The molecule has 0 aliphatic carbocycles. The molecule has 1 N–H and O–H groups in total. The van der Waals surface area contributed by atoms with Gasteiger partial charge in [-0.25, -0.2) is 12.8 Å². The second-order valence-electron chi connectivity index (χ2n) is 5.36. The van der Waals surface area contributed by atoms with Crippen LogP contribution in [0.4, 0.5) is 4.39 Å². The maximum atomic E-state index is 13.5. The Labute approximate surface area is 119 Å². The first-order valence-electron chi connectivity index (χ1n) is 6.72. The van der Waals surface area contributed by atoms with Gasteiger partial charge in [0.15, 0.2) is 9.84 Å². The minimum absolute atomic E-state index is 0.00724. The van der Waals surface area contributed by atoms with Crippen molar-refractivity contribution in [3.63, 3.8) is 0 Å². The van der Waals surface area contributed by atoms with Gasteiger partial charge in [0.2, 0.25) is 0 Å². The number of benzene rings is 1. The number of sulfone groups is 1. The first-order valence-corrected chi connectivity index (χ1v) is 8.54. The third-order valence-electron chi connectivity index (χ3n) is 3.85. The zero-order valence-electron chi connectivity index (χ0n) is 11.5. The van der Waals surface area contributed by atoms with Crippen LogP contribution in [0.25, 0.3) is 0 Å². The molecule has 1 heterocycles. The van der Waals surface area contributed by atoms with Crippen LogP contribution < -0.4 is 0 Å². The summed E-state index contributed by atoms with van der Waals surface area (Å²) in [6, 6.07) is 6.18. The molecule has 112 valence electrons. The second kappa shape index (κ2) is 6.20. The monoisotopic (exact) mass is 301 g/mol. The van der Waals surface area contributed by atoms with Crippen LogP contribution in [0.1, 0.15) is 24.5 Å². The molecule has 2 unspecified atom stereocenters. The summed E-state index contributed by atoms with van der Waals surface area (Å²) in [5.41, 5.74) is 0.292. The topological polar surface area (TPSA) is 57.6 Å². The number of aliphatic hydroxyl groups excluding tert-OH is 1. The number of rotatable bonds is 5. The lowest BCUT2D eigenvalue weighted by atomic mass is 10.1. The molecule has 0 radical (unpaired) electrons. The number of aliphatic hydroxyl groups is 1. The van der Waals surface area contributed by atoms with Crippen LogP contribution in [0.15, 0.2) is 24.3 Å². The predicted octanol–water partition coefficient (Wildman–Crippen LogP) is 1.37. The maximum Gasteiger partial charge on any atom is 0.151 e. The summed E-state index contributed by atoms with van der Waals surface area (Å²) in [7, 11) is -1.06. The molecule has 1 fully saturated rings. The van der Waals surface area contributed by atoms with Crippen LogP contribution in [0.2, 0.25) is 0 Å². The van der Waals surface area contributed by atoms with Crippen LogP contribution in [0.5, 0.6) is 0 Å². The Kier molecular flexibility index (Phi) is 4.78. The van der Waals surface area contributed by atoms with Crippen molar-refractivity contribution in [2.75, 3.05) is 25.1 Å². The minimum atomic E-state index is -2.90. The van der Waals surface area contributed by atoms with Crippen molar-refractivity contribution in [3.05, 3.63) is 35.6 Å². The average molecular weight is 301 g/mol. The van der Waals surface area contributed by atoms with Crippen molar-refractivity contribution in [2.24, 2.45) is 0 Å². The van der Waals surface area contributed by atoms with Crippen molar-refractivity contribution in [1.29, 1.82) is 0 Å². The summed E-state index contributed by atoms with van der Waals surface area (Å²) in [5, 5.41) is 10.0. The van der Waals surface area contributed by atoms with Gasteiger partial charge < -0.3 is 10.0 Å². The second-order valence-corrected chi connectivity index (χ2v) is 7.59. The van der Waals surface area contributed by atoms with E-state index in [9.17, 15) is 17.9 Å². The summed E-state index contributed by atoms with van der Waals surface area (Å²) < 4.78 is 36.4. The van der Waals surface area contributed by atoms with Crippen molar-refractivity contribution in [2.45, 2.75) is 25.0 Å². The van der Waals surface area contributed by atoms with E-state index in [4.69, 9.17) is 0 Å². The van der Waals surface area contributed by atoms with Crippen molar-refractivity contribution in [1.82, 2.24) is 4.90 Å². The lowest BCUT2D eigenvalue weighted by Crippen LogP contribution is -2.34. The molecular weight excluding hydrogens is 281 g/mol. The fourth-order valence-corrected chi connectivity index (χ4v) is 4.34. The standard InChI is InChI=1S/C14H20FNO3S/c1-16(11-7-9-20(18,19)10-11)8-6-14(17)12-4-2-3-5-13(12)15/h2-5,11,14,17H,6-10H2,1H3. The molecule has 20 heavy (non-hydrogen) atoms. The van der Waals surface area contributed by atoms with E-state index in [0.717, 1.165) is 0 Å². The van der Waals surface area contributed by atoms with E-state index in [0.29, 0.717) is 24.9 Å². The highest BCUT2D eigenvalue weighted by molar-refractivity contribution is 7.91. The lowest BCUT2D eigenvalue weighted by Gasteiger charge is -2.24. The highest BCUT2D eigenvalue weighted by Crippen LogP contribution is 2.22. The molecule has 0 saturated carbocycles. The Hall–Kier alpha value is -0.980. The molecule has 1 aromatic rings. The first kappa shape index (κ1) is 15.4. The Balaban J connectivity index is 1.88. The van der Waals surface area contributed by atoms with E-state index in [1.165, 1.54) is 6.07 Å². The van der Waals surface area contributed by atoms with Gasteiger partial charge in [-0.1, -0.05) is 18.2 Å². The lowest BCUT2D eigenvalue weighted by molar-refractivity contribution is 0.136. The van der Waals surface area contributed by atoms with E-state index < -0.39 is 21.8 Å². The van der Waals surface area contributed by atoms with Gasteiger partial charge in [0, 0.05) is 18.2 Å². The molecular formula is C14H20FNO3S. The van der Waals surface area contributed by atoms with Crippen molar-refractivity contribution in [3.8, 4) is 0 Å². The van der Waals surface area contributed by atoms with Crippen LogP contribution >= 0.6 is 0 Å². The summed E-state index contributed by atoms with van der Waals surface area (Å²) in [4.78, 5) is 1.94. The van der Waals surface area contributed by atoms with Crippen molar-refractivity contribution >= 4 is 9.84 Å². The third-order valence-corrected chi connectivity index (χ3v) is 5.60. The smallest absolute Gasteiger partial charge is 0.151 e. The predicted molar refractivity (Wildman–Crippen MR) is 75.7 cm³/mol. The van der Waals surface area contributed by atoms with Gasteiger partial charge in [-0.15, -0.1) is 0 Å². The molecule has 1 aromatic carbocycles. The maximum absolute atomic E-state index is 13.5. The normalized spacial score (nSPS) is 23.1. The third kappa shape index (κ3) is 3.77. The van der Waals surface area contributed by atoms with Gasteiger partial charge >= 0.3 is 0 Å². The number of nitrogens with zero attached hydrogens (tertiary/aromatic N) is 1. The molecule has 4 nitrogen and oxygen atoms in total. The average Bonchev–Trinajstić information content (AvgIpc) is 2.76. The molecule has 0 aromatic heterocycles. The number of hydrogen-bond donors (Lipinski definition) is 1. The van der Waals surface area contributed by atoms with Gasteiger partial charge in [-0.2, -0.15) is 0 Å². The van der Waals surface area contributed by atoms with Gasteiger partial charge in [0.25, 0.3) is 0 Å². The molecule has 6 heteroatoms. The first-order chi connectivity index (χ1) is 9.39. The molecule has 0 amide bonds. The molecule has 0 bridgehead atoms. The summed E-state index contributed by atoms with van der Waals surface area (Å²) in [6.45, 7) is 0.537. The molecule has 0 spiro atoms. The Morgan fingerprint density at radius 1 is 1.45 bits per heavy atom. The fraction of sp³-hybridized carbons (Fsp3) is 0.571. The molecule has 2 atom stereocenters. The Morgan fingerprint density at radius 3 is 2.75 bits per heavy atom. The van der Waals surface area contributed by atoms with Crippen LogP contribution in [-0.4, -0.2) is 49.6 Å². The van der Waals surface area contributed by atoms with Gasteiger partial charge in [-0.3, -0.25) is 0 Å². The van der Waals surface area contributed by atoms with E-state index in [2.05, 4.69) is 0 Å². The Morgan fingerprint density at radius 2 is 2.15 bits per heavy atom. The number of hydrogen-bond acceptors (Lipinski definition) is 4. The molecule has 2 rings (SSSR count). The van der Waals surface area contributed by atoms with E-state index in [1.807, 2.05) is 11.9 Å². The van der Waals surface area contributed by atoms with E-state index >= 15 is 0 Å². The summed E-state index contributed by atoms with van der Waals surface area (Å²) >= 11 is 0. The van der Waals surface area contributed by atoms with Gasteiger partial charge in [0.1, 0.15) is 5.82 Å². The van der Waals surface area contributed by atoms with Crippen molar-refractivity contribution < 1.29 is 17.9 Å². The molecule has 1 saturated heterocycles. The molecule has 1 aliphatic rings. The fourth-order valence-electron chi connectivity index (χ4n) is 2.53. The SMILES string of the molecule is CN(CCC(O)c1ccccc1F)C1CCS(=O)(=O)C1. The highest BCUT2D eigenvalue weighted by Gasteiger charge is 2.30. The number of halogens is 1. The van der Waals surface area contributed by atoms with Crippen LogP contribution in [0, 0.1) is 5.82 Å². The summed E-state index contributed by atoms with van der Waals surface area (Å²) in [5.74, 6) is 0.00284. The summed E-state index contributed by atoms with van der Waals surface area (Å²) in [6.07, 6.45) is 0.152. The van der Waals surface area contributed by atoms with Gasteiger partial charge in [0.05, 0.1) is 17.6 Å². The Bertz CT molecular complexity index is 561. The van der Waals surface area contributed by atoms with E-state index in [1.54, 1.807) is 18.2 Å². The largest absolute Gasteiger partial charge is 0.388 e. The zero-order chi connectivity index (χ0) is 14.8. The van der Waals surface area contributed by atoms with E-state index in [-0.39, 0.29) is 17.5 Å². The van der Waals surface area contributed by atoms with Gasteiger partial charge in [-0.05, 0) is 26.0 Å². The minimum Gasteiger partial charge on any atom is -0.388 e. The van der Waals surface area contributed by atoms with Crippen LogP contribution in [0.3, 0.4) is 0 Å². The quantitative estimate of drug-likeness (QED) is 0.892. The zero-order valence-corrected chi connectivity index (χ0v) is 12.3. The molecule has 1 aliphatic heterocycles.